The highest BCUT2D eigenvalue weighted by molar-refractivity contribution is 6.99. The molecule has 2 heterocycles. The molecule has 1 saturated heterocycles. The van der Waals surface area contributed by atoms with Crippen LogP contribution in [0.2, 0.25) is 0 Å². The molecule has 1 aliphatic carbocycles. The highest BCUT2D eigenvalue weighted by Crippen LogP contribution is 2.46. The molecule has 1 unspecified atom stereocenters. The van der Waals surface area contributed by atoms with Gasteiger partial charge in [-0.1, -0.05) is 0 Å². The Morgan fingerprint density at radius 1 is 1.33 bits per heavy atom. The van der Waals surface area contributed by atoms with Gasteiger partial charge in [-0.25, -0.2) is 0 Å². The average molecular weight is 399 g/mol. The predicted molar refractivity (Wildman–Crippen MR) is 103 cm³/mol. The van der Waals surface area contributed by atoms with Crippen molar-refractivity contribution in [1.82, 2.24) is 14.1 Å². The number of aromatic nitrogens is 2. The fraction of sp³-hybridized carbons (Fsp3) is 0.833. The van der Waals surface area contributed by atoms with E-state index in [2.05, 4.69) is 39.7 Å². The first kappa shape index (κ1) is 20.3. The lowest BCUT2D eigenvalue weighted by Gasteiger charge is -2.28. The van der Waals surface area contributed by atoms with Crippen molar-refractivity contribution in [2.45, 2.75) is 52.2 Å². The fourth-order valence-corrected chi connectivity index (χ4v) is 3.17. The van der Waals surface area contributed by atoms with Crippen molar-refractivity contribution in [3.05, 3.63) is 0 Å². The quantitative estimate of drug-likeness (QED) is 0.664. The second-order valence-corrected chi connectivity index (χ2v) is 9.05. The minimum absolute atomic E-state index is 0.0741. The molecule has 0 radical (unpaired) electrons. The van der Waals surface area contributed by atoms with E-state index in [1.807, 2.05) is 6.92 Å². The summed E-state index contributed by atoms with van der Waals surface area (Å²) in [7, 11) is 0. The van der Waals surface area contributed by atoms with Gasteiger partial charge in [0.1, 0.15) is 12.7 Å². The first-order valence-corrected chi connectivity index (χ1v) is 10.2. The summed E-state index contributed by atoms with van der Waals surface area (Å²) in [6.45, 7) is 11.8. The SMILES string of the molecule is CC(C)(C)NCC(COc1nsnc1N1CCOCC1)OC(=O)C1(C)CC1. The second-order valence-electron chi connectivity index (χ2n) is 8.52. The number of hydrogen-bond donors (Lipinski definition) is 1. The lowest BCUT2D eigenvalue weighted by molar-refractivity contribution is -0.156. The molecule has 0 amide bonds. The first-order chi connectivity index (χ1) is 12.8. The van der Waals surface area contributed by atoms with E-state index in [1.165, 1.54) is 0 Å². The molecule has 2 fully saturated rings. The first-order valence-electron chi connectivity index (χ1n) is 9.51. The number of carbonyl (C=O) groups is 1. The zero-order valence-electron chi connectivity index (χ0n) is 16.6. The van der Waals surface area contributed by atoms with E-state index in [-0.39, 0.29) is 29.6 Å². The molecule has 1 saturated carbocycles. The molecular weight excluding hydrogens is 368 g/mol. The third kappa shape index (κ3) is 5.76. The van der Waals surface area contributed by atoms with Gasteiger partial charge < -0.3 is 24.4 Å². The summed E-state index contributed by atoms with van der Waals surface area (Å²) < 4.78 is 25.7. The van der Waals surface area contributed by atoms with Crippen LogP contribution in [-0.4, -0.2) is 65.8 Å². The standard InChI is InChI=1S/C18H30N4O4S/c1-17(2,3)19-11-13(26-16(23)18(4)5-6-18)12-25-15-14(20-27-21-15)22-7-9-24-10-8-22/h13,19H,5-12H2,1-4H3. The molecule has 27 heavy (non-hydrogen) atoms. The normalized spacial score (nSPS) is 20.2. The highest BCUT2D eigenvalue weighted by Gasteiger charge is 2.47. The summed E-state index contributed by atoms with van der Waals surface area (Å²) in [6, 6.07) is 0. The molecule has 152 valence electrons. The van der Waals surface area contributed by atoms with Crippen molar-refractivity contribution in [3.8, 4) is 5.88 Å². The number of morpholine rings is 1. The van der Waals surface area contributed by atoms with Crippen molar-refractivity contribution in [1.29, 1.82) is 0 Å². The van der Waals surface area contributed by atoms with E-state index < -0.39 is 0 Å². The zero-order valence-corrected chi connectivity index (χ0v) is 17.4. The van der Waals surface area contributed by atoms with Crippen molar-refractivity contribution >= 4 is 23.5 Å². The van der Waals surface area contributed by atoms with Crippen LogP contribution >= 0.6 is 11.7 Å². The van der Waals surface area contributed by atoms with E-state index in [4.69, 9.17) is 14.2 Å². The summed E-state index contributed by atoms with van der Waals surface area (Å²) in [5.74, 6) is 1.10. The Balaban J connectivity index is 1.60. The van der Waals surface area contributed by atoms with Crippen molar-refractivity contribution in [2.75, 3.05) is 44.4 Å². The van der Waals surface area contributed by atoms with Crippen LogP contribution in [0.5, 0.6) is 5.88 Å². The number of carbonyl (C=O) groups excluding carboxylic acids is 1. The third-order valence-corrected chi connectivity index (χ3v) is 5.29. The molecule has 1 aromatic rings. The number of rotatable bonds is 8. The van der Waals surface area contributed by atoms with E-state index >= 15 is 0 Å². The number of anilines is 1. The molecule has 2 aliphatic rings. The Hall–Kier alpha value is -1.45. The van der Waals surface area contributed by atoms with Gasteiger partial charge in [-0.3, -0.25) is 4.79 Å². The molecule has 1 atom stereocenters. The van der Waals surface area contributed by atoms with Crippen LogP contribution in [0.25, 0.3) is 0 Å². The molecule has 8 nitrogen and oxygen atoms in total. The van der Waals surface area contributed by atoms with Crippen LogP contribution in [0, 0.1) is 5.41 Å². The van der Waals surface area contributed by atoms with Gasteiger partial charge in [0.15, 0.2) is 0 Å². The summed E-state index contributed by atoms with van der Waals surface area (Å²) in [6.07, 6.45) is 1.40. The van der Waals surface area contributed by atoms with Crippen LogP contribution in [0.15, 0.2) is 0 Å². The Morgan fingerprint density at radius 2 is 2.04 bits per heavy atom. The van der Waals surface area contributed by atoms with Crippen molar-refractivity contribution in [3.63, 3.8) is 0 Å². The monoisotopic (exact) mass is 398 g/mol. The van der Waals surface area contributed by atoms with Gasteiger partial charge in [0, 0.05) is 25.2 Å². The fourth-order valence-electron chi connectivity index (χ4n) is 2.65. The molecule has 1 aromatic heterocycles. The van der Waals surface area contributed by atoms with Crippen LogP contribution in [0.3, 0.4) is 0 Å². The number of nitrogens with one attached hydrogen (secondary N) is 1. The maximum Gasteiger partial charge on any atom is 0.312 e. The minimum atomic E-state index is -0.381. The number of esters is 1. The zero-order chi connectivity index (χ0) is 19.5. The average Bonchev–Trinajstić information content (AvgIpc) is 3.21. The van der Waals surface area contributed by atoms with Gasteiger partial charge >= 0.3 is 5.97 Å². The van der Waals surface area contributed by atoms with Gasteiger partial charge in [-0.15, -0.1) is 4.37 Å². The Morgan fingerprint density at radius 3 is 2.67 bits per heavy atom. The predicted octanol–water partition coefficient (Wildman–Crippen LogP) is 1.85. The Bertz CT molecular complexity index is 636. The van der Waals surface area contributed by atoms with Gasteiger partial charge in [0.25, 0.3) is 5.88 Å². The molecular formula is C18H30N4O4S. The van der Waals surface area contributed by atoms with Gasteiger partial charge in [-0.05, 0) is 40.5 Å². The van der Waals surface area contributed by atoms with Gasteiger partial charge in [-0.2, -0.15) is 4.37 Å². The molecule has 1 aliphatic heterocycles. The summed E-state index contributed by atoms with van der Waals surface area (Å²) >= 11 is 1.13. The number of ether oxygens (including phenoxy) is 3. The Labute approximate surface area is 164 Å². The number of nitrogens with zero attached hydrogens (tertiary/aromatic N) is 3. The van der Waals surface area contributed by atoms with Crippen molar-refractivity contribution < 1.29 is 19.0 Å². The largest absolute Gasteiger partial charge is 0.470 e. The van der Waals surface area contributed by atoms with Gasteiger partial charge in [0.2, 0.25) is 5.82 Å². The highest BCUT2D eigenvalue weighted by atomic mass is 32.1. The molecule has 3 rings (SSSR count). The lowest BCUT2D eigenvalue weighted by atomic mass is 10.1. The van der Waals surface area contributed by atoms with E-state index in [9.17, 15) is 4.79 Å². The van der Waals surface area contributed by atoms with Crippen LogP contribution in [-0.2, 0) is 14.3 Å². The topological polar surface area (TPSA) is 85.8 Å². The maximum atomic E-state index is 12.4. The Kier molecular flexibility index (Phi) is 6.22. The number of hydrogen-bond acceptors (Lipinski definition) is 9. The molecule has 9 heteroatoms. The lowest BCUT2D eigenvalue weighted by Crippen LogP contribution is -2.44. The maximum absolute atomic E-state index is 12.4. The summed E-state index contributed by atoms with van der Waals surface area (Å²) in [5.41, 5.74) is -0.392. The van der Waals surface area contributed by atoms with Crippen LogP contribution < -0.4 is 15.0 Å². The molecule has 0 bridgehead atoms. The third-order valence-electron chi connectivity index (χ3n) is 4.79. The molecule has 1 N–H and O–H groups in total. The van der Waals surface area contributed by atoms with Crippen molar-refractivity contribution in [2.24, 2.45) is 5.41 Å². The summed E-state index contributed by atoms with van der Waals surface area (Å²) in [4.78, 5) is 14.5. The van der Waals surface area contributed by atoms with Gasteiger partial charge in [0.05, 0.1) is 30.4 Å². The second kappa shape index (κ2) is 8.28. The summed E-state index contributed by atoms with van der Waals surface area (Å²) in [5, 5.41) is 3.39. The smallest absolute Gasteiger partial charge is 0.312 e. The van der Waals surface area contributed by atoms with E-state index in [0.717, 1.165) is 43.5 Å². The molecule has 0 aromatic carbocycles. The van der Waals surface area contributed by atoms with E-state index in [0.29, 0.717) is 25.6 Å². The molecule has 0 spiro atoms. The van der Waals surface area contributed by atoms with E-state index in [1.54, 1.807) is 0 Å². The van der Waals surface area contributed by atoms with Crippen LogP contribution in [0.1, 0.15) is 40.5 Å². The van der Waals surface area contributed by atoms with Crippen LogP contribution in [0.4, 0.5) is 5.82 Å². The minimum Gasteiger partial charge on any atom is -0.470 e.